The first kappa shape index (κ1) is 20.5. The highest BCUT2D eigenvalue weighted by atomic mass is 35.5. The number of nitrogens with zero attached hydrogens (tertiary/aromatic N) is 1. The maximum atomic E-state index is 11.3. The van der Waals surface area contributed by atoms with Gasteiger partial charge in [0.25, 0.3) is 0 Å². The molecule has 0 aliphatic heterocycles. The fourth-order valence-electron chi connectivity index (χ4n) is 4.24. The van der Waals surface area contributed by atoms with Crippen molar-refractivity contribution in [3.63, 3.8) is 0 Å². The molecule has 0 bridgehead atoms. The van der Waals surface area contributed by atoms with E-state index in [9.17, 15) is 4.79 Å². The monoisotopic (exact) mass is 402 g/mol. The van der Waals surface area contributed by atoms with Crippen LogP contribution in [0.4, 0.5) is 0 Å². The van der Waals surface area contributed by atoms with E-state index in [0.717, 1.165) is 37.2 Å². The summed E-state index contributed by atoms with van der Waals surface area (Å²) in [5.41, 5.74) is 5.43. The van der Waals surface area contributed by atoms with Gasteiger partial charge in [-0.15, -0.1) is 12.4 Å². The third-order valence-electron chi connectivity index (χ3n) is 5.61. The van der Waals surface area contributed by atoms with Gasteiger partial charge in [-0.1, -0.05) is 18.2 Å². The highest BCUT2D eigenvalue weighted by Crippen LogP contribution is 2.36. The molecule has 1 aliphatic carbocycles. The van der Waals surface area contributed by atoms with Crippen molar-refractivity contribution in [2.45, 2.75) is 31.6 Å². The van der Waals surface area contributed by atoms with Gasteiger partial charge in [-0.2, -0.15) is 0 Å². The SMILES string of the molecule is COc1cccc2c1CCC[C@H]2CN(C)CCc1ccc2oc(=O)[nH]c2c1.Cl. The molecule has 0 unspecified atom stereocenters. The first-order valence-electron chi connectivity index (χ1n) is 9.60. The van der Waals surface area contributed by atoms with Crippen LogP contribution in [0, 0.1) is 0 Å². The largest absolute Gasteiger partial charge is 0.496 e. The molecule has 0 saturated carbocycles. The topological polar surface area (TPSA) is 58.5 Å². The molecule has 0 fully saturated rings. The van der Waals surface area contributed by atoms with Gasteiger partial charge in [-0.05, 0) is 73.5 Å². The van der Waals surface area contributed by atoms with Gasteiger partial charge in [-0.3, -0.25) is 4.98 Å². The van der Waals surface area contributed by atoms with E-state index in [1.165, 1.54) is 29.5 Å². The minimum Gasteiger partial charge on any atom is -0.496 e. The van der Waals surface area contributed by atoms with Gasteiger partial charge >= 0.3 is 5.76 Å². The van der Waals surface area contributed by atoms with Crippen LogP contribution < -0.4 is 10.5 Å². The van der Waals surface area contributed by atoms with Crippen LogP contribution in [0.5, 0.6) is 5.75 Å². The number of hydrogen-bond donors (Lipinski definition) is 1. The number of halogens is 1. The van der Waals surface area contributed by atoms with Crippen LogP contribution in [0.1, 0.15) is 35.4 Å². The number of methoxy groups -OCH3 is 1. The maximum absolute atomic E-state index is 11.3. The summed E-state index contributed by atoms with van der Waals surface area (Å²) in [6.07, 6.45) is 4.50. The zero-order valence-corrected chi connectivity index (χ0v) is 17.2. The van der Waals surface area contributed by atoms with Crippen molar-refractivity contribution < 1.29 is 9.15 Å². The zero-order valence-electron chi connectivity index (χ0n) is 16.4. The lowest BCUT2D eigenvalue weighted by molar-refractivity contribution is 0.299. The summed E-state index contributed by atoms with van der Waals surface area (Å²) < 4.78 is 10.6. The predicted octanol–water partition coefficient (Wildman–Crippen LogP) is 4.15. The molecule has 1 heterocycles. The first-order valence-corrected chi connectivity index (χ1v) is 9.60. The molecule has 4 rings (SSSR count). The van der Waals surface area contributed by atoms with E-state index < -0.39 is 5.76 Å². The molecule has 1 N–H and O–H groups in total. The molecular weight excluding hydrogens is 376 g/mol. The van der Waals surface area contributed by atoms with Gasteiger partial charge in [0.05, 0.1) is 12.6 Å². The van der Waals surface area contributed by atoms with Crippen LogP contribution in [0.15, 0.2) is 45.6 Å². The number of hydrogen-bond acceptors (Lipinski definition) is 4. The van der Waals surface area contributed by atoms with E-state index in [1.54, 1.807) is 7.11 Å². The quantitative estimate of drug-likeness (QED) is 0.673. The second-order valence-electron chi connectivity index (χ2n) is 7.47. The van der Waals surface area contributed by atoms with Crippen LogP contribution in [-0.4, -0.2) is 37.1 Å². The van der Waals surface area contributed by atoms with E-state index >= 15 is 0 Å². The summed E-state index contributed by atoms with van der Waals surface area (Å²) in [4.78, 5) is 16.4. The normalized spacial score (nSPS) is 16.0. The Morgan fingerprint density at radius 3 is 2.96 bits per heavy atom. The molecule has 150 valence electrons. The molecular formula is C22H27ClN2O3. The Morgan fingerprint density at radius 2 is 2.14 bits per heavy atom. The number of rotatable bonds is 6. The predicted molar refractivity (Wildman–Crippen MR) is 114 cm³/mol. The Labute approximate surface area is 171 Å². The van der Waals surface area contributed by atoms with E-state index in [1.807, 2.05) is 18.2 Å². The second kappa shape index (κ2) is 8.84. The minimum absolute atomic E-state index is 0. The summed E-state index contributed by atoms with van der Waals surface area (Å²) in [6, 6.07) is 12.4. The average molecular weight is 403 g/mol. The molecule has 0 spiro atoms. The number of aromatic nitrogens is 1. The number of benzene rings is 2. The Bertz CT molecular complexity index is 995. The number of aromatic amines is 1. The average Bonchev–Trinajstić information content (AvgIpc) is 3.05. The Kier molecular flexibility index (Phi) is 6.47. The minimum atomic E-state index is -0.398. The lowest BCUT2D eigenvalue weighted by atomic mass is 9.82. The van der Waals surface area contributed by atoms with Crippen molar-refractivity contribution in [3.8, 4) is 5.75 Å². The number of fused-ring (bicyclic) bond motifs is 2. The molecule has 0 radical (unpaired) electrons. The summed E-state index contributed by atoms with van der Waals surface area (Å²) in [6.45, 7) is 2.02. The van der Waals surface area contributed by atoms with Crippen LogP contribution in [0.3, 0.4) is 0 Å². The zero-order chi connectivity index (χ0) is 18.8. The van der Waals surface area contributed by atoms with E-state index in [-0.39, 0.29) is 12.4 Å². The van der Waals surface area contributed by atoms with Crippen LogP contribution in [0.2, 0.25) is 0 Å². The first-order chi connectivity index (χ1) is 13.1. The Morgan fingerprint density at radius 1 is 1.29 bits per heavy atom. The molecule has 6 heteroatoms. The van der Waals surface area contributed by atoms with Crippen LogP contribution in [-0.2, 0) is 12.8 Å². The van der Waals surface area contributed by atoms with Gasteiger partial charge in [0.1, 0.15) is 5.75 Å². The molecule has 1 aliphatic rings. The summed E-state index contributed by atoms with van der Waals surface area (Å²) in [5.74, 6) is 1.19. The molecule has 2 aromatic carbocycles. The summed E-state index contributed by atoms with van der Waals surface area (Å²) in [7, 11) is 3.95. The van der Waals surface area contributed by atoms with E-state index in [4.69, 9.17) is 9.15 Å². The van der Waals surface area contributed by atoms with Gasteiger partial charge in [0, 0.05) is 13.1 Å². The lowest BCUT2D eigenvalue weighted by Crippen LogP contribution is -2.28. The number of oxazole rings is 1. The fourth-order valence-corrected chi connectivity index (χ4v) is 4.24. The third kappa shape index (κ3) is 4.26. The van der Waals surface area contributed by atoms with Crippen LogP contribution >= 0.6 is 12.4 Å². The molecule has 1 aromatic heterocycles. The number of likely N-dealkylation sites (N-methyl/N-ethyl adjacent to an activating group) is 1. The van der Waals surface area contributed by atoms with Crippen molar-refractivity contribution in [1.82, 2.24) is 9.88 Å². The number of H-pyrrole nitrogens is 1. The summed E-state index contributed by atoms with van der Waals surface area (Å²) in [5, 5.41) is 0. The van der Waals surface area contributed by atoms with Crippen molar-refractivity contribution in [1.29, 1.82) is 0 Å². The molecule has 0 amide bonds. The number of nitrogens with one attached hydrogen (secondary N) is 1. The van der Waals surface area contributed by atoms with Crippen molar-refractivity contribution in [2.24, 2.45) is 0 Å². The lowest BCUT2D eigenvalue weighted by Gasteiger charge is -2.30. The van der Waals surface area contributed by atoms with E-state index in [0.29, 0.717) is 11.5 Å². The van der Waals surface area contributed by atoms with E-state index in [2.05, 4.69) is 35.1 Å². The van der Waals surface area contributed by atoms with Gasteiger partial charge in [0.15, 0.2) is 5.58 Å². The molecule has 5 nitrogen and oxygen atoms in total. The second-order valence-corrected chi connectivity index (χ2v) is 7.47. The van der Waals surface area contributed by atoms with Crippen molar-refractivity contribution in [3.05, 3.63) is 63.6 Å². The third-order valence-corrected chi connectivity index (χ3v) is 5.61. The highest BCUT2D eigenvalue weighted by molar-refractivity contribution is 5.85. The molecule has 28 heavy (non-hydrogen) atoms. The smallest absolute Gasteiger partial charge is 0.417 e. The molecule has 0 saturated heterocycles. The Hall–Kier alpha value is -2.24. The molecule has 3 aromatic rings. The standard InChI is InChI=1S/C22H26N2O3.ClH/c1-24(12-11-15-9-10-21-19(13-15)23-22(25)27-21)14-16-5-3-7-18-17(16)6-4-8-20(18)26-2;/h4,6,8-10,13,16H,3,5,7,11-12,14H2,1-2H3,(H,23,25);1H/t16-;/m0./s1. The summed E-state index contributed by atoms with van der Waals surface area (Å²) >= 11 is 0. The van der Waals surface area contributed by atoms with Crippen LogP contribution in [0.25, 0.3) is 11.1 Å². The maximum Gasteiger partial charge on any atom is 0.417 e. The Balaban J connectivity index is 0.00000225. The van der Waals surface area contributed by atoms with Crippen molar-refractivity contribution in [2.75, 3.05) is 27.2 Å². The highest BCUT2D eigenvalue weighted by Gasteiger charge is 2.23. The fraction of sp³-hybridized carbons (Fsp3) is 0.409. The number of ether oxygens (including phenoxy) is 1. The van der Waals surface area contributed by atoms with Crippen molar-refractivity contribution >= 4 is 23.5 Å². The van der Waals surface area contributed by atoms with Gasteiger partial charge in [0.2, 0.25) is 0 Å². The molecule has 1 atom stereocenters. The van der Waals surface area contributed by atoms with Gasteiger partial charge < -0.3 is 14.1 Å². The van der Waals surface area contributed by atoms with Gasteiger partial charge in [-0.25, -0.2) is 4.79 Å².